The summed E-state index contributed by atoms with van der Waals surface area (Å²) in [4.78, 5) is 2.51. The fourth-order valence-electron chi connectivity index (χ4n) is 2.91. The number of rotatable bonds is 1. The lowest BCUT2D eigenvalue weighted by Gasteiger charge is -2.35. The average molecular weight is 232 g/mol. The molecule has 1 aliphatic heterocycles. The van der Waals surface area contributed by atoms with Crippen LogP contribution in [0.1, 0.15) is 36.5 Å². The fraction of sp³-hybridized carbons (Fsp3) is 0.600. The summed E-state index contributed by atoms with van der Waals surface area (Å²) >= 11 is 0. The van der Waals surface area contributed by atoms with Crippen LogP contribution in [-0.2, 0) is 0 Å². The predicted molar refractivity (Wildman–Crippen MR) is 75.7 cm³/mol. The molecule has 0 atom stereocenters. The Balaban J connectivity index is 2.35. The molecule has 1 aromatic carbocycles. The van der Waals surface area contributed by atoms with Gasteiger partial charge in [0.05, 0.1) is 0 Å². The summed E-state index contributed by atoms with van der Waals surface area (Å²) in [6, 6.07) is 2.22. The molecule has 0 amide bonds. The number of hydrogen-bond donors (Lipinski definition) is 1. The number of benzene rings is 1. The average Bonchev–Trinajstić information content (AvgIpc) is 2.29. The molecule has 0 saturated carbocycles. The van der Waals surface area contributed by atoms with Crippen molar-refractivity contribution in [3.63, 3.8) is 0 Å². The van der Waals surface area contributed by atoms with Gasteiger partial charge in [0.1, 0.15) is 0 Å². The first kappa shape index (κ1) is 12.3. The summed E-state index contributed by atoms with van der Waals surface area (Å²) < 4.78 is 0. The minimum atomic E-state index is 0.870. The summed E-state index contributed by atoms with van der Waals surface area (Å²) in [6.07, 6.45) is 2.60. The van der Waals surface area contributed by atoms with Crippen LogP contribution in [0.2, 0.25) is 0 Å². The van der Waals surface area contributed by atoms with Crippen molar-refractivity contribution in [2.45, 2.75) is 40.5 Å². The summed E-state index contributed by atoms with van der Waals surface area (Å²) in [5.41, 5.74) is 12.3. The van der Waals surface area contributed by atoms with Crippen LogP contribution >= 0.6 is 0 Å². The Morgan fingerprint density at radius 1 is 1.12 bits per heavy atom. The van der Waals surface area contributed by atoms with E-state index in [0.29, 0.717) is 0 Å². The van der Waals surface area contributed by atoms with Crippen LogP contribution in [0, 0.1) is 26.7 Å². The molecular weight excluding hydrogens is 208 g/mol. The molecule has 0 unspecified atom stereocenters. The number of aryl methyl sites for hydroxylation is 2. The van der Waals surface area contributed by atoms with E-state index in [4.69, 9.17) is 5.73 Å². The van der Waals surface area contributed by atoms with Crippen molar-refractivity contribution in [2.75, 3.05) is 23.7 Å². The number of nitrogens with two attached hydrogens (primary N) is 1. The molecule has 0 aliphatic carbocycles. The predicted octanol–water partition coefficient (Wildman–Crippen LogP) is 3.43. The van der Waals surface area contributed by atoms with Crippen LogP contribution in [0.15, 0.2) is 6.07 Å². The third-order valence-electron chi connectivity index (χ3n) is 4.09. The Labute approximate surface area is 105 Å². The Bertz CT molecular complexity index is 415. The second-order valence-electron chi connectivity index (χ2n) is 5.57. The van der Waals surface area contributed by atoms with Crippen LogP contribution in [0.3, 0.4) is 0 Å². The van der Waals surface area contributed by atoms with Gasteiger partial charge in [-0.05, 0) is 56.2 Å². The molecule has 1 saturated heterocycles. The molecule has 2 rings (SSSR count). The minimum absolute atomic E-state index is 0.870. The van der Waals surface area contributed by atoms with Gasteiger partial charge in [-0.15, -0.1) is 0 Å². The molecule has 0 bridgehead atoms. The topological polar surface area (TPSA) is 29.3 Å². The zero-order valence-electron chi connectivity index (χ0n) is 11.5. The van der Waals surface area contributed by atoms with Gasteiger partial charge in [0.2, 0.25) is 0 Å². The van der Waals surface area contributed by atoms with E-state index >= 15 is 0 Å². The van der Waals surface area contributed by atoms with Crippen molar-refractivity contribution in [2.24, 2.45) is 5.92 Å². The molecule has 94 valence electrons. The normalized spacial score (nSPS) is 17.5. The molecule has 0 radical (unpaired) electrons. The quantitative estimate of drug-likeness (QED) is 0.752. The van der Waals surface area contributed by atoms with Crippen LogP contribution in [0.5, 0.6) is 0 Å². The SMILES string of the molecule is Cc1cc(C)c(N2CCC(C)CC2)c(C)c1N. The zero-order chi connectivity index (χ0) is 12.6. The van der Waals surface area contributed by atoms with Gasteiger partial charge in [-0.1, -0.05) is 13.0 Å². The molecule has 1 heterocycles. The van der Waals surface area contributed by atoms with Crippen molar-refractivity contribution < 1.29 is 0 Å². The van der Waals surface area contributed by atoms with E-state index in [1.54, 1.807) is 0 Å². The van der Waals surface area contributed by atoms with Gasteiger partial charge in [-0.25, -0.2) is 0 Å². The number of hydrogen-bond acceptors (Lipinski definition) is 2. The van der Waals surface area contributed by atoms with Gasteiger partial charge in [-0.3, -0.25) is 0 Å². The zero-order valence-corrected chi connectivity index (χ0v) is 11.5. The monoisotopic (exact) mass is 232 g/mol. The first-order chi connectivity index (χ1) is 8.00. The smallest absolute Gasteiger partial charge is 0.0446 e. The Morgan fingerprint density at radius 3 is 2.29 bits per heavy atom. The molecule has 17 heavy (non-hydrogen) atoms. The van der Waals surface area contributed by atoms with E-state index in [1.165, 1.54) is 48.3 Å². The van der Waals surface area contributed by atoms with E-state index in [0.717, 1.165) is 11.6 Å². The van der Waals surface area contributed by atoms with E-state index in [1.807, 2.05) is 0 Å². The summed E-state index contributed by atoms with van der Waals surface area (Å²) in [5, 5.41) is 0. The summed E-state index contributed by atoms with van der Waals surface area (Å²) in [5.74, 6) is 0.870. The first-order valence-corrected chi connectivity index (χ1v) is 6.62. The van der Waals surface area contributed by atoms with Crippen LogP contribution in [0.4, 0.5) is 11.4 Å². The Hall–Kier alpha value is -1.18. The van der Waals surface area contributed by atoms with E-state index in [-0.39, 0.29) is 0 Å². The minimum Gasteiger partial charge on any atom is -0.398 e. The number of piperidine rings is 1. The maximum Gasteiger partial charge on any atom is 0.0446 e. The Morgan fingerprint density at radius 2 is 1.71 bits per heavy atom. The second kappa shape index (κ2) is 4.59. The molecule has 1 aliphatic rings. The lowest BCUT2D eigenvalue weighted by Crippen LogP contribution is -2.34. The van der Waals surface area contributed by atoms with Crippen molar-refractivity contribution in [1.29, 1.82) is 0 Å². The highest BCUT2D eigenvalue weighted by molar-refractivity contribution is 5.71. The largest absolute Gasteiger partial charge is 0.398 e. The first-order valence-electron chi connectivity index (χ1n) is 6.62. The van der Waals surface area contributed by atoms with Gasteiger partial charge in [0.25, 0.3) is 0 Å². The molecular formula is C15H24N2. The van der Waals surface area contributed by atoms with Crippen LogP contribution in [-0.4, -0.2) is 13.1 Å². The number of anilines is 2. The van der Waals surface area contributed by atoms with Gasteiger partial charge in [-0.2, -0.15) is 0 Å². The highest BCUT2D eigenvalue weighted by Gasteiger charge is 2.20. The fourth-order valence-corrected chi connectivity index (χ4v) is 2.91. The van der Waals surface area contributed by atoms with Gasteiger partial charge < -0.3 is 10.6 Å². The summed E-state index contributed by atoms with van der Waals surface area (Å²) in [6.45, 7) is 11.1. The lowest BCUT2D eigenvalue weighted by atomic mass is 9.95. The van der Waals surface area contributed by atoms with Gasteiger partial charge >= 0.3 is 0 Å². The molecule has 2 nitrogen and oxygen atoms in total. The van der Waals surface area contributed by atoms with Crippen molar-refractivity contribution in [3.8, 4) is 0 Å². The lowest BCUT2D eigenvalue weighted by molar-refractivity contribution is 0.438. The highest BCUT2D eigenvalue weighted by Crippen LogP contribution is 2.33. The third kappa shape index (κ3) is 2.26. The maximum absolute atomic E-state index is 6.16. The number of nitrogen functional groups attached to an aromatic ring is 1. The standard InChI is InChI=1S/C15H24N2/c1-10-5-7-17(8-6-10)15-12(3)9-11(2)14(16)13(15)4/h9-10H,5-8,16H2,1-4H3. The molecule has 1 aromatic rings. The molecule has 1 fully saturated rings. The molecule has 0 spiro atoms. The van der Waals surface area contributed by atoms with Crippen molar-refractivity contribution in [1.82, 2.24) is 0 Å². The molecule has 2 heteroatoms. The highest BCUT2D eigenvalue weighted by atomic mass is 15.1. The van der Waals surface area contributed by atoms with Crippen molar-refractivity contribution in [3.05, 3.63) is 22.8 Å². The Kier molecular flexibility index (Phi) is 3.32. The van der Waals surface area contributed by atoms with Gasteiger partial charge in [0.15, 0.2) is 0 Å². The molecule has 2 N–H and O–H groups in total. The van der Waals surface area contributed by atoms with Crippen molar-refractivity contribution >= 4 is 11.4 Å². The third-order valence-corrected chi connectivity index (χ3v) is 4.09. The summed E-state index contributed by atoms with van der Waals surface area (Å²) in [7, 11) is 0. The molecule has 0 aromatic heterocycles. The van der Waals surface area contributed by atoms with E-state index < -0.39 is 0 Å². The van der Waals surface area contributed by atoms with Gasteiger partial charge in [0, 0.05) is 24.5 Å². The second-order valence-corrected chi connectivity index (χ2v) is 5.57. The number of nitrogens with zero attached hydrogens (tertiary/aromatic N) is 1. The maximum atomic E-state index is 6.16. The van der Waals surface area contributed by atoms with Crippen LogP contribution in [0.25, 0.3) is 0 Å². The van der Waals surface area contributed by atoms with E-state index in [9.17, 15) is 0 Å². The van der Waals surface area contributed by atoms with E-state index in [2.05, 4.69) is 38.7 Å². The van der Waals surface area contributed by atoms with Crippen LogP contribution < -0.4 is 10.6 Å².